The number of hydrogen-bond acceptors (Lipinski definition) is 4. The van der Waals surface area contributed by atoms with Gasteiger partial charge in [0.15, 0.2) is 9.84 Å². The fourth-order valence-electron chi connectivity index (χ4n) is 2.68. The van der Waals surface area contributed by atoms with Crippen molar-refractivity contribution in [2.45, 2.75) is 23.1 Å². The number of sulfone groups is 1. The maximum absolute atomic E-state index is 12.9. The number of fused-ring (bicyclic) bond motifs is 1. The van der Waals surface area contributed by atoms with Crippen molar-refractivity contribution in [1.29, 1.82) is 0 Å². The van der Waals surface area contributed by atoms with Gasteiger partial charge in [0.1, 0.15) is 17.6 Å². The third kappa shape index (κ3) is 2.32. The standard InChI is InChI=1S/C16H17NO3S/c1-11-6-2-5-9-14(11)21(18,19)15-10-20-13-8-4-3-7-12(13)16(15)17/h2-9,15-16H,10,17H2,1H3. The lowest BCUT2D eigenvalue weighted by Crippen LogP contribution is -2.41. The van der Waals surface area contributed by atoms with E-state index in [1.807, 2.05) is 30.3 Å². The van der Waals surface area contributed by atoms with Gasteiger partial charge in [0.05, 0.1) is 10.9 Å². The Morgan fingerprint density at radius 2 is 1.76 bits per heavy atom. The number of aryl methyl sites for hydroxylation is 1. The largest absolute Gasteiger partial charge is 0.492 e. The van der Waals surface area contributed by atoms with E-state index in [2.05, 4.69) is 0 Å². The minimum atomic E-state index is -3.53. The number of ether oxygens (including phenoxy) is 1. The highest BCUT2D eigenvalue weighted by molar-refractivity contribution is 7.92. The van der Waals surface area contributed by atoms with E-state index in [0.29, 0.717) is 10.6 Å². The second-order valence-electron chi connectivity index (χ2n) is 5.22. The number of hydrogen-bond donors (Lipinski definition) is 1. The van der Waals surface area contributed by atoms with Gasteiger partial charge < -0.3 is 10.5 Å². The highest BCUT2D eigenvalue weighted by atomic mass is 32.2. The van der Waals surface area contributed by atoms with Crippen LogP contribution in [0.3, 0.4) is 0 Å². The minimum Gasteiger partial charge on any atom is -0.492 e. The summed E-state index contributed by atoms with van der Waals surface area (Å²) in [5, 5.41) is -0.770. The third-order valence-corrected chi connectivity index (χ3v) is 6.18. The Labute approximate surface area is 124 Å². The van der Waals surface area contributed by atoms with Crippen LogP contribution < -0.4 is 10.5 Å². The third-order valence-electron chi connectivity index (χ3n) is 3.88. The van der Waals surface area contributed by atoms with Gasteiger partial charge in [-0.25, -0.2) is 8.42 Å². The zero-order valence-electron chi connectivity index (χ0n) is 11.7. The molecule has 0 fully saturated rings. The maximum atomic E-state index is 12.9. The zero-order chi connectivity index (χ0) is 15.0. The summed E-state index contributed by atoms with van der Waals surface area (Å²) in [6.45, 7) is 1.87. The summed E-state index contributed by atoms with van der Waals surface area (Å²) in [6, 6.07) is 13.7. The lowest BCUT2D eigenvalue weighted by Gasteiger charge is -2.31. The first-order valence-corrected chi connectivity index (χ1v) is 8.33. The molecule has 2 atom stereocenters. The van der Waals surface area contributed by atoms with Crippen molar-refractivity contribution in [1.82, 2.24) is 0 Å². The Kier molecular flexibility index (Phi) is 3.47. The average Bonchev–Trinajstić information content (AvgIpc) is 2.48. The molecule has 21 heavy (non-hydrogen) atoms. The van der Waals surface area contributed by atoms with Crippen LogP contribution in [0.2, 0.25) is 0 Å². The van der Waals surface area contributed by atoms with Crippen LogP contribution >= 0.6 is 0 Å². The Bertz CT molecular complexity index is 771. The van der Waals surface area contributed by atoms with Crippen molar-refractivity contribution in [3.05, 3.63) is 59.7 Å². The SMILES string of the molecule is Cc1ccccc1S(=O)(=O)C1COc2ccccc2C1N. The van der Waals surface area contributed by atoms with Gasteiger partial charge in [0.2, 0.25) is 0 Å². The molecule has 110 valence electrons. The molecule has 1 aliphatic heterocycles. The molecule has 5 heteroatoms. The molecule has 4 nitrogen and oxygen atoms in total. The van der Waals surface area contributed by atoms with E-state index >= 15 is 0 Å². The number of para-hydroxylation sites is 1. The van der Waals surface area contributed by atoms with Crippen molar-refractivity contribution < 1.29 is 13.2 Å². The van der Waals surface area contributed by atoms with Crippen molar-refractivity contribution in [3.63, 3.8) is 0 Å². The van der Waals surface area contributed by atoms with E-state index in [1.54, 1.807) is 25.1 Å². The molecule has 0 radical (unpaired) electrons. The molecule has 2 N–H and O–H groups in total. The molecular formula is C16H17NO3S. The first-order valence-electron chi connectivity index (χ1n) is 6.78. The second kappa shape index (κ2) is 5.16. The average molecular weight is 303 g/mol. The predicted octanol–water partition coefficient (Wildman–Crippen LogP) is 2.23. The molecule has 1 heterocycles. The molecule has 0 saturated heterocycles. The van der Waals surface area contributed by atoms with Crippen molar-refractivity contribution >= 4 is 9.84 Å². The molecule has 0 aliphatic carbocycles. The van der Waals surface area contributed by atoms with Gasteiger partial charge >= 0.3 is 0 Å². The lowest BCUT2D eigenvalue weighted by molar-refractivity contribution is 0.270. The summed E-state index contributed by atoms with van der Waals surface area (Å²) in [7, 11) is -3.53. The quantitative estimate of drug-likeness (QED) is 0.923. The van der Waals surface area contributed by atoms with Crippen LogP contribution in [0.1, 0.15) is 17.2 Å². The van der Waals surface area contributed by atoms with E-state index < -0.39 is 21.1 Å². The smallest absolute Gasteiger partial charge is 0.186 e. The van der Waals surface area contributed by atoms with Crippen molar-refractivity contribution in [2.24, 2.45) is 5.73 Å². The maximum Gasteiger partial charge on any atom is 0.186 e. The van der Waals surface area contributed by atoms with E-state index in [9.17, 15) is 8.42 Å². The number of rotatable bonds is 2. The molecule has 0 bridgehead atoms. The lowest BCUT2D eigenvalue weighted by atomic mass is 10.0. The molecule has 2 aromatic rings. The molecule has 2 aromatic carbocycles. The Morgan fingerprint density at radius 1 is 1.10 bits per heavy atom. The number of benzene rings is 2. The van der Waals surface area contributed by atoms with E-state index in [1.165, 1.54) is 0 Å². The molecule has 0 aromatic heterocycles. The van der Waals surface area contributed by atoms with Gasteiger partial charge in [0.25, 0.3) is 0 Å². The molecular weight excluding hydrogens is 286 g/mol. The predicted molar refractivity (Wildman–Crippen MR) is 81.0 cm³/mol. The second-order valence-corrected chi connectivity index (χ2v) is 7.36. The summed E-state index contributed by atoms with van der Waals surface area (Å²) in [4.78, 5) is 0.327. The van der Waals surface area contributed by atoms with Crippen LogP contribution in [0.4, 0.5) is 0 Å². The molecule has 0 spiro atoms. The van der Waals surface area contributed by atoms with Crippen LogP contribution in [-0.2, 0) is 9.84 Å². The summed E-state index contributed by atoms with van der Waals surface area (Å²) in [6.07, 6.45) is 0. The molecule has 3 rings (SSSR count). The van der Waals surface area contributed by atoms with Crippen LogP contribution in [0, 0.1) is 6.92 Å². The Hall–Kier alpha value is -1.85. The molecule has 0 saturated carbocycles. The van der Waals surface area contributed by atoms with E-state index in [-0.39, 0.29) is 6.61 Å². The first-order chi connectivity index (χ1) is 10.0. The van der Waals surface area contributed by atoms with E-state index in [4.69, 9.17) is 10.5 Å². The van der Waals surface area contributed by atoms with Gasteiger partial charge in [-0.15, -0.1) is 0 Å². The topological polar surface area (TPSA) is 69.4 Å². The van der Waals surface area contributed by atoms with Crippen LogP contribution in [-0.4, -0.2) is 20.3 Å². The van der Waals surface area contributed by atoms with Gasteiger partial charge in [-0.3, -0.25) is 0 Å². The number of nitrogens with two attached hydrogens (primary N) is 1. The minimum absolute atomic E-state index is 0.0782. The van der Waals surface area contributed by atoms with Crippen LogP contribution in [0.25, 0.3) is 0 Å². The monoisotopic (exact) mass is 303 g/mol. The fraction of sp³-hybridized carbons (Fsp3) is 0.250. The van der Waals surface area contributed by atoms with Gasteiger partial charge in [0, 0.05) is 5.56 Å². The first kappa shape index (κ1) is 14.1. The fourth-order valence-corrected chi connectivity index (χ4v) is 4.58. The summed E-state index contributed by atoms with van der Waals surface area (Å²) in [5.74, 6) is 0.668. The van der Waals surface area contributed by atoms with E-state index in [0.717, 1.165) is 11.1 Å². The van der Waals surface area contributed by atoms with Gasteiger partial charge in [-0.05, 0) is 24.6 Å². The highest BCUT2D eigenvalue weighted by Gasteiger charge is 2.39. The molecule has 1 aliphatic rings. The molecule has 0 amide bonds. The molecule has 2 unspecified atom stereocenters. The summed E-state index contributed by atoms with van der Waals surface area (Å²) in [5.41, 5.74) is 7.67. The van der Waals surface area contributed by atoms with Crippen LogP contribution in [0.5, 0.6) is 5.75 Å². The van der Waals surface area contributed by atoms with Gasteiger partial charge in [-0.1, -0.05) is 36.4 Å². The summed E-state index contributed by atoms with van der Waals surface area (Å²) >= 11 is 0. The Morgan fingerprint density at radius 3 is 2.52 bits per heavy atom. The highest BCUT2D eigenvalue weighted by Crippen LogP contribution is 2.35. The van der Waals surface area contributed by atoms with Crippen molar-refractivity contribution in [3.8, 4) is 5.75 Å². The zero-order valence-corrected chi connectivity index (χ0v) is 12.5. The normalized spacial score (nSPS) is 21.4. The van der Waals surface area contributed by atoms with Crippen LogP contribution in [0.15, 0.2) is 53.4 Å². The summed E-state index contributed by atoms with van der Waals surface area (Å²) < 4.78 is 31.3. The van der Waals surface area contributed by atoms with Crippen molar-refractivity contribution in [2.75, 3.05) is 6.61 Å². The Balaban J connectivity index is 2.04. The van der Waals surface area contributed by atoms with Gasteiger partial charge in [-0.2, -0.15) is 0 Å².